The highest BCUT2D eigenvalue weighted by atomic mass is 19.4. The molecule has 1 N–H and O–H groups in total. The van der Waals surface area contributed by atoms with Gasteiger partial charge < -0.3 is 9.84 Å². The molecule has 1 aliphatic rings. The van der Waals surface area contributed by atoms with Crippen LogP contribution in [0.1, 0.15) is 6.42 Å². The largest absolute Gasteiger partial charge is 0.492 e. The van der Waals surface area contributed by atoms with Crippen LogP contribution in [0.3, 0.4) is 0 Å². The number of carboxylic acids is 1. The molecule has 0 saturated carbocycles. The van der Waals surface area contributed by atoms with Gasteiger partial charge in [0.1, 0.15) is 12.4 Å². The van der Waals surface area contributed by atoms with E-state index in [0.717, 1.165) is 0 Å². The second-order valence-electron chi connectivity index (χ2n) is 5.07. The molecule has 0 radical (unpaired) electrons. The van der Waals surface area contributed by atoms with Crippen molar-refractivity contribution in [3.8, 4) is 5.75 Å². The number of para-hydroxylation sites is 1. The number of ether oxygens (including phenoxy) is 1. The monoisotopic (exact) mass is 303 g/mol. The molecule has 2 rings (SSSR count). The van der Waals surface area contributed by atoms with Crippen LogP contribution in [0, 0.1) is 5.41 Å². The number of rotatable bonds is 5. The van der Waals surface area contributed by atoms with Gasteiger partial charge in [0.15, 0.2) is 5.41 Å². The zero-order valence-electron chi connectivity index (χ0n) is 11.3. The lowest BCUT2D eigenvalue weighted by molar-refractivity contribution is -0.227. The highest BCUT2D eigenvalue weighted by molar-refractivity contribution is 5.76. The van der Waals surface area contributed by atoms with Gasteiger partial charge in [-0.3, -0.25) is 9.69 Å². The van der Waals surface area contributed by atoms with E-state index in [9.17, 15) is 18.0 Å². The first kappa shape index (κ1) is 15.6. The molecule has 1 atom stereocenters. The number of likely N-dealkylation sites (tertiary alicyclic amines) is 1. The number of nitrogens with zero attached hydrogens (tertiary/aromatic N) is 1. The van der Waals surface area contributed by atoms with E-state index in [0.29, 0.717) is 5.75 Å². The summed E-state index contributed by atoms with van der Waals surface area (Å²) in [4.78, 5) is 12.5. The van der Waals surface area contributed by atoms with Gasteiger partial charge in [0.2, 0.25) is 0 Å². The topological polar surface area (TPSA) is 49.8 Å². The van der Waals surface area contributed by atoms with E-state index in [1.807, 2.05) is 6.07 Å². The molecule has 116 valence electrons. The minimum Gasteiger partial charge on any atom is -0.492 e. The van der Waals surface area contributed by atoms with E-state index < -0.39 is 30.5 Å². The molecule has 0 amide bonds. The van der Waals surface area contributed by atoms with Crippen LogP contribution in [0.15, 0.2) is 30.3 Å². The summed E-state index contributed by atoms with van der Waals surface area (Å²) in [7, 11) is 0. The number of hydrogen-bond donors (Lipinski definition) is 1. The number of halogens is 3. The second-order valence-corrected chi connectivity index (χ2v) is 5.07. The SMILES string of the molecule is O=C(O)C1(C(F)(F)F)CCN(CCOc2ccccc2)C1. The summed E-state index contributed by atoms with van der Waals surface area (Å²) in [6.45, 7) is 0.0610. The molecule has 21 heavy (non-hydrogen) atoms. The minimum absolute atomic E-state index is 0.101. The van der Waals surface area contributed by atoms with Crippen LogP contribution in [0.5, 0.6) is 5.75 Å². The van der Waals surface area contributed by atoms with Crippen molar-refractivity contribution >= 4 is 5.97 Å². The van der Waals surface area contributed by atoms with Gasteiger partial charge in [-0.25, -0.2) is 0 Å². The Labute approximate surface area is 120 Å². The molecule has 1 fully saturated rings. The van der Waals surface area contributed by atoms with Crippen molar-refractivity contribution in [3.05, 3.63) is 30.3 Å². The Kier molecular flexibility index (Phi) is 4.41. The smallest absolute Gasteiger partial charge is 0.406 e. The first-order valence-corrected chi connectivity index (χ1v) is 6.55. The summed E-state index contributed by atoms with van der Waals surface area (Å²) >= 11 is 0. The third kappa shape index (κ3) is 3.29. The Morgan fingerprint density at radius 3 is 2.52 bits per heavy atom. The van der Waals surface area contributed by atoms with Gasteiger partial charge in [-0.1, -0.05) is 18.2 Å². The first-order chi connectivity index (χ1) is 9.85. The van der Waals surface area contributed by atoms with Crippen molar-refractivity contribution in [2.75, 3.05) is 26.2 Å². The summed E-state index contributed by atoms with van der Waals surface area (Å²) < 4.78 is 44.4. The average molecular weight is 303 g/mol. The summed E-state index contributed by atoms with van der Waals surface area (Å²) in [6.07, 6.45) is -5.16. The van der Waals surface area contributed by atoms with Crippen LogP contribution >= 0.6 is 0 Å². The highest BCUT2D eigenvalue weighted by Crippen LogP contribution is 2.45. The molecule has 1 saturated heterocycles. The molecule has 7 heteroatoms. The van der Waals surface area contributed by atoms with Gasteiger partial charge in [-0.2, -0.15) is 13.2 Å². The maximum atomic E-state index is 13.0. The van der Waals surface area contributed by atoms with Gasteiger partial charge >= 0.3 is 12.1 Å². The van der Waals surface area contributed by atoms with E-state index in [1.54, 1.807) is 24.3 Å². The fraction of sp³-hybridized carbons (Fsp3) is 0.500. The Bertz CT molecular complexity index is 492. The van der Waals surface area contributed by atoms with Crippen molar-refractivity contribution in [1.82, 2.24) is 4.90 Å². The van der Waals surface area contributed by atoms with Crippen LogP contribution in [0.4, 0.5) is 13.2 Å². The zero-order valence-corrected chi connectivity index (χ0v) is 11.3. The van der Waals surface area contributed by atoms with Crippen LogP contribution in [-0.4, -0.2) is 48.4 Å². The fourth-order valence-corrected chi connectivity index (χ4v) is 2.42. The summed E-state index contributed by atoms with van der Waals surface area (Å²) in [5.41, 5.74) is -2.65. The Hall–Kier alpha value is -1.76. The first-order valence-electron chi connectivity index (χ1n) is 6.55. The summed E-state index contributed by atoms with van der Waals surface area (Å²) in [6, 6.07) is 8.93. The maximum absolute atomic E-state index is 13.0. The Balaban J connectivity index is 1.89. The van der Waals surface area contributed by atoms with Gasteiger partial charge in [-0.15, -0.1) is 0 Å². The standard InChI is InChI=1S/C14H16F3NO3/c15-14(16,17)13(12(19)20)6-7-18(10-13)8-9-21-11-4-2-1-3-5-11/h1-5H,6-10H2,(H,19,20). The molecule has 0 aromatic heterocycles. The van der Waals surface area contributed by atoms with Crippen LogP contribution < -0.4 is 4.74 Å². The Morgan fingerprint density at radius 1 is 1.33 bits per heavy atom. The predicted octanol–water partition coefficient (Wildman–Crippen LogP) is 2.40. The van der Waals surface area contributed by atoms with E-state index in [1.165, 1.54) is 4.90 Å². The van der Waals surface area contributed by atoms with Crippen LogP contribution in [-0.2, 0) is 4.79 Å². The van der Waals surface area contributed by atoms with Crippen molar-refractivity contribution in [2.24, 2.45) is 5.41 Å². The number of alkyl halides is 3. The molecule has 0 aliphatic carbocycles. The number of aliphatic carboxylic acids is 1. The average Bonchev–Trinajstić information content (AvgIpc) is 2.85. The number of carbonyl (C=O) groups is 1. The number of benzene rings is 1. The molecule has 1 aliphatic heterocycles. The molecule has 0 spiro atoms. The van der Waals surface area contributed by atoms with Crippen LogP contribution in [0.2, 0.25) is 0 Å². The second kappa shape index (κ2) is 5.93. The number of hydrogen-bond acceptors (Lipinski definition) is 3. The molecular formula is C14H16F3NO3. The van der Waals surface area contributed by atoms with E-state index in [2.05, 4.69) is 0 Å². The third-order valence-corrected chi connectivity index (χ3v) is 3.72. The molecular weight excluding hydrogens is 287 g/mol. The lowest BCUT2D eigenvalue weighted by Crippen LogP contribution is -2.47. The van der Waals surface area contributed by atoms with Crippen molar-refractivity contribution in [3.63, 3.8) is 0 Å². The number of carboxylic acid groups (broad SMARTS) is 1. The van der Waals surface area contributed by atoms with E-state index in [4.69, 9.17) is 9.84 Å². The lowest BCUT2D eigenvalue weighted by atomic mass is 9.86. The van der Waals surface area contributed by atoms with E-state index >= 15 is 0 Å². The van der Waals surface area contributed by atoms with Gasteiger partial charge in [-0.05, 0) is 25.1 Å². The van der Waals surface area contributed by atoms with Crippen molar-refractivity contribution < 1.29 is 27.8 Å². The Morgan fingerprint density at radius 2 is 2.00 bits per heavy atom. The fourth-order valence-electron chi connectivity index (χ4n) is 2.42. The zero-order chi connectivity index (χ0) is 15.5. The molecule has 4 nitrogen and oxygen atoms in total. The molecule has 1 aromatic carbocycles. The van der Waals surface area contributed by atoms with Gasteiger partial charge in [0.25, 0.3) is 0 Å². The molecule has 1 aromatic rings. The third-order valence-electron chi connectivity index (χ3n) is 3.72. The molecule has 1 heterocycles. The van der Waals surface area contributed by atoms with Crippen molar-refractivity contribution in [2.45, 2.75) is 12.6 Å². The minimum atomic E-state index is -4.74. The summed E-state index contributed by atoms with van der Waals surface area (Å²) in [5, 5.41) is 8.94. The normalized spacial score (nSPS) is 23.2. The predicted molar refractivity (Wildman–Crippen MR) is 69.1 cm³/mol. The lowest BCUT2D eigenvalue weighted by Gasteiger charge is -2.27. The highest BCUT2D eigenvalue weighted by Gasteiger charge is 2.63. The quantitative estimate of drug-likeness (QED) is 0.907. The maximum Gasteiger partial charge on any atom is 0.406 e. The van der Waals surface area contributed by atoms with Crippen molar-refractivity contribution in [1.29, 1.82) is 0 Å². The van der Waals surface area contributed by atoms with Gasteiger partial charge in [0, 0.05) is 13.1 Å². The van der Waals surface area contributed by atoms with Crippen LogP contribution in [0.25, 0.3) is 0 Å². The summed E-state index contributed by atoms with van der Waals surface area (Å²) in [5.74, 6) is -1.17. The molecule has 1 unspecified atom stereocenters. The van der Waals surface area contributed by atoms with Gasteiger partial charge in [0.05, 0.1) is 0 Å². The van der Waals surface area contributed by atoms with E-state index in [-0.39, 0.29) is 19.7 Å². The molecule has 0 bridgehead atoms.